The largest absolute Gasteiger partial charge is 0.477 e. The van der Waals surface area contributed by atoms with E-state index in [1.807, 2.05) is 23.6 Å². The number of hydrogen-bond acceptors (Lipinski definition) is 2. The third kappa shape index (κ3) is 2.54. The average molecular weight is 299 g/mol. The van der Waals surface area contributed by atoms with Crippen LogP contribution >= 0.6 is 0 Å². The SMILES string of the molecule is CCn1cc(C(=O)O)c(=O)c2cc(C3CCCCC3)ccc21. The van der Waals surface area contributed by atoms with Gasteiger partial charge < -0.3 is 9.67 Å². The van der Waals surface area contributed by atoms with Crippen LogP contribution in [0.1, 0.15) is 60.9 Å². The molecular formula is C18H21NO3. The minimum absolute atomic E-state index is 0.143. The lowest BCUT2D eigenvalue weighted by molar-refractivity contribution is 0.0695. The Bertz CT molecular complexity index is 770. The molecule has 1 heterocycles. The van der Waals surface area contributed by atoms with Gasteiger partial charge in [-0.25, -0.2) is 4.79 Å². The number of aryl methyl sites for hydroxylation is 1. The Morgan fingerprint density at radius 3 is 2.64 bits per heavy atom. The van der Waals surface area contributed by atoms with Gasteiger partial charge in [-0.05, 0) is 43.4 Å². The highest BCUT2D eigenvalue weighted by Crippen LogP contribution is 2.33. The summed E-state index contributed by atoms with van der Waals surface area (Å²) < 4.78 is 1.84. The Morgan fingerprint density at radius 2 is 2.00 bits per heavy atom. The zero-order valence-corrected chi connectivity index (χ0v) is 12.8. The topological polar surface area (TPSA) is 59.3 Å². The highest BCUT2D eigenvalue weighted by Gasteiger charge is 2.18. The fourth-order valence-electron chi connectivity index (χ4n) is 3.52. The second-order valence-electron chi connectivity index (χ2n) is 6.07. The molecule has 22 heavy (non-hydrogen) atoms. The minimum atomic E-state index is -1.16. The molecule has 0 radical (unpaired) electrons. The summed E-state index contributed by atoms with van der Waals surface area (Å²) in [5, 5.41) is 9.78. The number of pyridine rings is 1. The van der Waals surface area contributed by atoms with Crippen LogP contribution in [0.3, 0.4) is 0 Å². The maximum absolute atomic E-state index is 12.5. The Labute approximate surface area is 129 Å². The molecule has 4 heteroatoms. The molecule has 1 N–H and O–H groups in total. The van der Waals surface area contributed by atoms with Crippen molar-refractivity contribution in [2.75, 3.05) is 0 Å². The van der Waals surface area contributed by atoms with Crippen LogP contribution in [0.15, 0.2) is 29.2 Å². The molecule has 4 nitrogen and oxygen atoms in total. The van der Waals surface area contributed by atoms with Crippen molar-refractivity contribution >= 4 is 16.9 Å². The molecule has 0 saturated heterocycles. The number of benzene rings is 1. The van der Waals surface area contributed by atoms with Crippen molar-refractivity contribution in [3.05, 3.63) is 45.7 Å². The van der Waals surface area contributed by atoms with E-state index in [9.17, 15) is 14.7 Å². The number of carboxylic acids is 1. The highest BCUT2D eigenvalue weighted by molar-refractivity contribution is 5.92. The second kappa shape index (κ2) is 5.95. The molecule has 1 aromatic carbocycles. The molecule has 3 rings (SSSR count). The molecule has 0 amide bonds. The number of rotatable bonds is 3. The van der Waals surface area contributed by atoms with Gasteiger partial charge in [0.25, 0.3) is 0 Å². The van der Waals surface area contributed by atoms with Crippen molar-refractivity contribution in [3.63, 3.8) is 0 Å². The van der Waals surface area contributed by atoms with Crippen molar-refractivity contribution in [2.24, 2.45) is 0 Å². The smallest absolute Gasteiger partial charge is 0.341 e. The number of nitrogens with zero attached hydrogens (tertiary/aromatic N) is 1. The van der Waals surface area contributed by atoms with Crippen LogP contribution in [0, 0.1) is 0 Å². The summed E-state index contributed by atoms with van der Waals surface area (Å²) in [6.07, 6.45) is 7.52. The lowest BCUT2D eigenvalue weighted by Crippen LogP contribution is -2.19. The van der Waals surface area contributed by atoms with E-state index in [1.54, 1.807) is 0 Å². The monoisotopic (exact) mass is 299 g/mol. The number of fused-ring (bicyclic) bond motifs is 1. The van der Waals surface area contributed by atoms with Crippen LogP contribution in [-0.4, -0.2) is 15.6 Å². The number of aromatic carboxylic acids is 1. The molecule has 1 fully saturated rings. The Kier molecular flexibility index (Phi) is 4.01. The summed E-state index contributed by atoms with van der Waals surface area (Å²) >= 11 is 0. The number of aromatic nitrogens is 1. The summed E-state index contributed by atoms with van der Waals surface area (Å²) in [6, 6.07) is 5.99. The first-order valence-corrected chi connectivity index (χ1v) is 8.02. The Hall–Kier alpha value is -2.10. The first-order valence-electron chi connectivity index (χ1n) is 8.02. The molecule has 0 bridgehead atoms. The lowest BCUT2D eigenvalue weighted by atomic mass is 9.83. The van der Waals surface area contributed by atoms with Gasteiger partial charge in [0.2, 0.25) is 5.43 Å². The van der Waals surface area contributed by atoms with Gasteiger partial charge in [0, 0.05) is 18.1 Å². The zero-order valence-electron chi connectivity index (χ0n) is 12.8. The predicted octanol–water partition coefficient (Wildman–Crippen LogP) is 3.77. The molecule has 0 unspecified atom stereocenters. The molecule has 0 atom stereocenters. The summed E-state index contributed by atoms with van der Waals surface area (Å²) in [4.78, 5) is 23.8. The van der Waals surface area contributed by atoms with E-state index in [0.717, 1.165) is 18.4 Å². The van der Waals surface area contributed by atoms with Crippen LogP contribution in [0.2, 0.25) is 0 Å². The predicted molar refractivity (Wildman–Crippen MR) is 86.7 cm³/mol. The second-order valence-corrected chi connectivity index (χ2v) is 6.07. The van der Waals surface area contributed by atoms with Crippen LogP contribution < -0.4 is 5.43 Å². The van der Waals surface area contributed by atoms with Crippen molar-refractivity contribution in [2.45, 2.75) is 51.5 Å². The van der Waals surface area contributed by atoms with Crippen LogP contribution in [0.5, 0.6) is 0 Å². The minimum Gasteiger partial charge on any atom is -0.477 e. The highest BCUT2D eigenvalue weighted by atomic mass is 16.4. The normalized spacial score (nSPS) is 16.0. The maximum atomic E-state index is 12.5. The van der Waals surface area contributed by atoms with Crippen molar-refractivity contribution < 1.29 is 9.90 Å². The number of hydrogen-bond donors (Lipinski definition) is 1. The van der Waals surface area contributed by atoms with Gasteiger partial charge >= 0.3 is 5.97 Å². The Balaban J connectivity index is 2.19. The molecule has 2 aromatic rings. The third-order valence-electron chi connectivity index (χ3n) is 4.75. The molecule has 116 valence electrons. The van der Waals surface area contributed by atoms with E-state index in [2.05, 4.69) is 6.07 Å². The fourth-order valence-corrected chi connectivity index (χ4v) is 3.52. The van der Waals surface area contributed by atoms with Gasteiger partial charge in [0.05, 0.1) is 5.52 Å². The molecule has 1 aliphatic rings. The zero-order chi connectivity index (χ0) is 15.7. The number of carbonyl (C=O) groups is 1. The van der Waals surface area contributed by atoms with Crippen LogP contribution in [0.25, 0.3) is 10.9 Å². The summed E-state index contributed by atoms with van der Waals surface area (Å²) in [5.41, 5.74) is 1.48. The maximum Gasteiger partial charge on any atom is 0.341 e. The van der Waals surface area contributed by atoms with Gasteiger partial charge in [0.15, 0.2) is 0 Å². The van der Waals surface area contributed by atoms with Gasteiger partial charge in [0.1, 0.15) is 5.56 Å². The van der Waals surface area contributed by atoms with Crippen molar-refractivity contribution in [1.82, 2.24) is 4.57 Å². The van der Waals surface area contributed by atoms with E-state index in [4.69, 9.17) is 0 Å². The van der Waals surface area contributed by atoms with Gasteiger partial charge in [-0.1, -0.05) is 25.3 Å². The van der Waals surface area contributed by atoms with E-state index in [1.165, 1.54) is 31.0 Å². The Morgan fingerprint density at radius 1 is 1.27 bits per heavy atom. The summed E-state index contributed by atoms with van der Waals surface area (Å²) in [7, 11) is 0. The third-order valence-corrected chi connectivity index (χ3v) is 4.75. The molecule has 0 spiro atoms. The van der Waals surface area contributed by atoms with Gasteiger partial charge in [-0.3, -0.25) is 4.79 Å². The number of carboxylic acid groups (broad SMARTS) is 1. The molecule has 1 aliphatic carbocycles. The fraction of sp³-hybridized carbons (Fsp3) is 0.444. The first-order chi connectivity index (χ1) is 10.6. The molecule has 1 aromatic heterocycles. The van der Waals surface area contributed by atoms with E-state index >= 15 is 0 Å². The first kappa shape index (κ1) is 14.8. The molecular weight excluding hydrogens is 278 g/mol. The molecule has 1 saturated carbocycles. The van der Waals surface area contributed by atoms with E-state index in [0.29, 0.717) is 17.8 Å². The van der Waals surface area contributed by atoms with Gasteiger partial charge in [-0.2, -0.15) is 0 Å². The molecule has 0 aliphatic heterocycles. The van der Waals surface area contributed by atoms with Crippen molar-refractivity contribution in [1.29, 1.82) is 0 Å². The van der Waals surface area contributed by atoms with Crippen LogP contribution in [0.4, 0.5) is 0 Å². The van der Waals surface area contributed by atoms with E-state index in [-0.39, 0.29) is 11.0 Å². The van der Waals surface area contributed by atoms with E-state index < -0.39 is 5.97 Å². The summed E-state index contributed by atoms with van der Waals surface area (Å²) in [6.45, 7) is 2.59. The average Bonchev–Trinajstić information content (AvgIpc) is 2.55. The van der Waals surface area contributed by atoms with Gasteiger partial charge in [-0.15, -0.1) is 0 Å². The lowest BCUT2D eigenvalue weighted by Gasteiger charge is -2.22. The summed E-state index contributed by atoms with van der Waals surface area (Å²) in [5.74, 6) is -0.654. The van der Waals surface area contributed by atoms with Crippen molar-refractivity contribution in [3.8, 4) is 0 Å². The quantitative estimate of drug-likeness (QED) is 0.938. The van der Waals surface area contributed by atoms with Crippen LogP contribution in [-0.2, 0) is 6.54 Å². The standard InChI is InChI=1S/C18H21NO3/c1-2-19-11-15(18(21)22)17(20)14-10-13(8-9-16(14)19)12-6-4-3-5-7-12/h8-12H,2-7H2,1H3,(H,21,22).